The smallest absolute Gasteiger partial charge is 0.0994 e. The van der Waals surface area contributed by atoms with Crippen molar-refractivity contribution in [2.24, 2.45) is 5.92 Å². The molecule has 1 aromatic rings. The summed E-state index contributed by atoms with van der Waals surface area (Å²) in [5.74, 6) is 0.525. The standard InChI is InChI=1S/C13H17N/c1-10(2)13(3,4)12-8-6-5-7-11(12)9-14/h5-8,10H,1-4H3. The molecule has 1 aromatic carbocycles. The summed E-state index contributed by atoms with van der Waals surface area (Å²) in [5, 5.41) is 9.01. The number of hydrogen-bond donors (Lipinski definition) is 0. The number of nitriles is 1. The average Bonchev–Trinajstić information content (AvgIpc) is 2.17. The van der Waals surface area contributed by atoms with Crippen LogP contribution in [0.15, 0.2) is 24.3 Å². The molecule has 0 fully saturated rings. The summed E-state index contributed by atoms with van der Waals surface area (Å²) in [6.07, 6.45) is 0. The van der Waals surface area contributed by atoms with Crippen LogP contribution in [0.25, 0.3) is 0 Å². The number of hydrogen-bond acceptors (Lipinski definition) is 1. The van der Waals surface area contributed by atoms with Gasteiger partial charge in [-0.2, -0.15) is 5.26 Å². The second-order valence-corrected chi connectivity index (χ2v) is 4.53. The Bertz CT molecular complexity index is 356. The molecular weight excluding hydrogens is 170 g/mol. The fourth-order valence-corrected chi connectivity index (χ4v) is 1.45. The zero-order chi connectivity index (χ0) is 10.8. The van der Waals surface area contributed by atoms with E-state index in [9.17, 15) is 0 Å². The Kier molecular flexibility index (Phi) is 2.96. The van der Waals surface area contributed by atoms with E-state index in [0.717, 1.165) is 11.1 Å². The van der Waals surface area contributed by atoms with E-state index in [1.54, 1.807) is 0 Å². The van der Waals surface area contributed by atoms with Crippen molar-refractivity contribution in [1.82, 2.24) is 0 Å². The largest absolute Gasteiger partial charge is 0.192 e. The first-order valence-electron chi connectivity index (χ1n) is 4.99. The molecule has 0 aliphatic heterocycles. The van der Waals surface area contributed by atoms with Gasteiger partial charge < -0.3 is 0 Å². The Hall–Kier alpha value is -1.29. The molecule has 0 amide bonds. The van der Waals surface area contributed by atoms with Gasteiger partial charge in [0.1, 0.15) is 0 Å². The molecule has 0 N–H and O–H groups in total. The lowest BCUT2D eigenvalue weighted by atomic mass is 9.73. The predicted octanol–water partition coefficient (Wildman–Crippen LogP) is 3.49. The third kappa shape index (κ3) is 1.80. The van der Waals surface area contributed by atoms with Crippen molar-refractivity contribution in [3.05, 3.63) is 35.4 Å². The first kappa shape index (κ1) is 10.8. The molecule has 0 spiro atoms. The summed E-state index contributed by atoms with van der Waals surface area (Å²) in [5.41, 5.74) is 2.01. The van der Waals surface area contributed by atoms with Gasteiger partial charge in [0.05, 0.1) is 11.6 Å². The molecule has 1 nitrogen and oxygen atoms in total. The topological polar surface area (TPSA) is 23.8 Å². The van der Waals surface area contributed by atoms with Crippen LogP contribution in [0.4, 0.5) is 0 Å². The summed E-state index contributed by atoms with van der Waals surface area (Å²) in [6.45, 7) is 8.75. The van der Waals surface area contributed by atoms with Crippen LogP contribution in [0.1, 0.15) is 38.8 Å². The van der Waals surface area contributed by atoms with Crippen LogP contribution in [0.5, 0.6) is 0 Å². The monoisotopic (exact) mass is 187 g/mol. The zero-order valence-corrected chi connectivity index (χ0v) is 9.33. The highest BCUT2D eigenvalue weighted by atomic mass is 14.3. The van der Waals surface area contributed by atoms with Gasteiger partial charge in [-0.15, -0.1) is 0 Å². The van der Waals surface area contributed by atoms with Crippen molar-refractivity contribution in [3.8, 4) is 6.07 Å². The molecule has 0 saturated carbocycles. The molecule has 0 aliphatic carbocycles. The molecular formula is C13H17N. The first-order chi connectivity index (χ1) is 6.50. The van der Waals surface area contributed by atoms with E-state index in [1.165, 1.54) is 0 Å². The van der Waals surface area contributed by atoms with Crippen LogP contribution in [-0.4, -0.2) is 0 Å². The minimum absolute atomic E-state index is 0.0618. The van der Waals surface area contributed by atoms with Crippen molar-refractivity contribution in [2.45, 2.75) is 33.1 Å². The van der Waals surface area contributed by atoms with Crippen LogP contribution in [-0.2, 0) is 5.41 Å². The summed E-state index contributed by atoms with van der Waals surface area (Å²) >= 11 is 0. The Morgan fingerprint density at radius 3 is 2.29 bits per heavy atom. The van der Waals surface area contributed by atoms with Crippen molar-refractivity contribution in [3.63, 3.8) is 0 Å². The quantitative estimate of drug-likeness (QED) is 0.695. The highest BCUT2D eigenvalue weighted by Crippen LogP contribution is 2.33. The van der Waals surface area contributed by atoms with Gasteiger partial charge in [0, 0.05) is 0 Å². The van der Waals surface area contributed by atoms with Crippen LogP contribution < -0.4 is 0 Å². The molecule has 0 aliphatic rings. The molecule has 0 saturated heterocycles. The van der Waals surface area contributed by atoms with Crippen molar-refractivity contribution < 1.29 is 0 Å². The maximum Gasteiger partial charge on any atom is 0.0994 e. The Balaban J connectivity index is 3.26. The molecule has 0 atom stereocenters. The molecule has 0 aromatic heterocycles. The Labute approximate surface area is 86.4 Å². The molecule has 0 heterocycles. The van der Waals surface area contributed by atoms with Crippen LogP contribution >= 0.6 is 0 Å². The second-order valence-electron chi connectivity index (χ2n) is 4.53. The molecule has 1 heteroatoms. The minimum Gasteiger partial charge on any atom is -0.192 e. The second kappa shape index (κ2) is 3.84. The van der Waals surface area contributed by atoms with Gasteiger partial charge in [-0.1, -0.05) is 45.9 Å². The lowest BCUT2D eigenvalue weighted by Crippen LogP contribution is -2.25. The third-order valence-corrected chi connectivity index (χ3v) is 3.19. The number of nitrogens with zero attached hydrogens (tertiary/aromatic N) is 1. The number of benzene rings is 1. The van der Waals surface area contributed by atoms with Gasteiger partial charge in [0.15, 0.2) is 0 Å². The van der Waals surface area contributed by atoms with Gasteiger partial charge in [0.2, 0.25) is 0 Å². The highest BCUT2D eigenvalue weighted by Gasteiger charge is 2.26. The van der Waals surface area contributed by atoms with Crippen molar-refractivity contribution >= 4 is 0 Å². The van der Waals surface area contributed by atoms with Crippen LogP contribution in [0.3, 0.4) is 0 Å². The fourth-order valence-electron chi connectivity index (χ4n) is 1.45. The summed E-state index contributed by atoms with van der Waals surface area (Å²) < 4.78 is 0. The summed E-state index contributed by atoms with van der Waals surface area (Å²) in [7, 11) is 0. The van der Waals surface area contributed by atoms with Gasteiger partial charge in [-0.3, -0.25) is 0 Å². The molecule has 0 bridgehead atoms. The third-order valence-electron chi connectivity index (χ3n) is 3.19. The van der Waals surface area contributed by atoms with Gasteiger partial charge in [-0.05, 0) is 23.0 Å². The fraction of sp³-hybridized carbons (Fsp3) is 0.462. The maximum absolute atomic E-state index is 9.01. The van der Waals surface area contributed by atoms with E-state index in [1.807, 2.05) is 18.2 Å². The highest BCUT2D eigenvalue weighted by molar-refractivity contribution is 5.41. The summed E-state index contributed by atoms with van der Waals surface area (Å²) in [4.78, 5) is 0. The predicted molar refractivity (Wildman–Crippen MR) is 59.0 cm³/mol. The summed E-state index contributed by atoms with van der Waals surface area (Å²) in [6, 6.07) is 10.1. The van der Waals surface area contributed by atoms with Crippen molar-refractivity contribution in [1.29, 1.82) is 5.26 Å². The van der Waals surface area contributed by atoms with Crippen molar-refractivity contribution in [2.75, 3.05) is 0 Å². The molecule has 0 radical (unpaired) electrons. The van der Waals surface area contributed by atoms with E-state index in [-0.39, 0.29) is 5.41 Å². The minimum atomic E-state index is 0.0618. The zero-order valence-electron chi connectivity index (χ0n) is 9.33. The van der Waals surface area contributed by atoms with E-state index in [0.29, 0.717) is 5.92 Å². The van der Waals surface area contributed by atoms with Gasteiger partial charge in [0.25, 0.3) is 0 Å². The first-order valence-corrected chi connectivity index (χ1v) is 4.99. The average molecular weight is 187 g/mol. The normalized spacial score (nSPS) is 11.4. The van der Waals surface area contributed by atoms with Crippen LogP contribution in [0, 0.1) is 17.2 Å². The van der Waals surface area contributed by atoms with Gasteiger partial charge in [-0.25, -0.2) is 0 Å². The van der Waals surface area contributed by atoms with E-state index in [2.05, 4.69) is 39.8 Å². The van der Waals surface area contributed by atoms with E-state index < -0.39 is 0 Å². The Morgan fingerprint density at radius 1 is 1.21 bits per heavy atom. The van der Waals surface area contributed by atoms with Crippen LogP contribution in [0.2, 0.25) is 0 Å². The van der Waals surface area contributed by atoms with E-state index in [4.69, 9.17) is 5.26 Å². The molecule has 0 unspecified atom stereocenters. The SMILES string of the molecule is CC(C)C(C)(C)c1ccccc1C#N. The molecule has 74 valence electrons. The Morgan fingerprint density at radius 2 is 1.79 bits per heavy atom. The lowest BCUT2D eigenvalue weighted by Gasteiger charge is -2.30. The van der Waals surface area contributed by atoms with Gasteiger partial charge >= 0.3 is 0 Å². The number of rotatable bonds is 2. The molecule has 14 heavy (non-hydrogen) atoms. The maximum atomic E-state index is 9.01. The van der Waals surface area contributed by atoms with E-state index >= 15 is 0 Å². The molecule has 1 rings (SSSR count). The lowest BCUT2D eigenvalue weighted by molar-refractivity contribution is 0.371.